The van der Waals surface area contributed by atoms with Crippen molar-refractivity contribution in [3.05, 3.63) is 61.9 Å². The van der Waals surface area contributed by atoms with Crippen LogP contribution in [0.25, 0.3) is 0 Å². The summed E-state index contributed by atoms with van der Waals surface area (Å²) in [6.07, 6.45) is 1.53. The fourth-order valence-electron chi connectivity index (χ4n) is 2.25. The summed E-state index contributed by atoms with van der Waals surface area (Å²) in [7, 11) is 0. The van der Waals surface area contributed by atoms with E-state index in [9.17, 15) is 10.1 Å². The quantitative estimate of drug-likeness (QED) is 0.679. The van der Waals surface area contributed by atoms with E-state index in [1.165, 1.54) is 6.20 Å². The molecule has 1 heterocycles. The number of nitrogens with one attached hydrogen (secondary N) is 1. The van der Waals surface area contributed by atoms with E-state index in [4.69, 9.17) is 11.6 Å². The summed E-state index contributed by atoms with van der Waals surface area (Å²) < 4.78 is 0. The standard InChI is InChI=1S/C15H16ClN3O2/c1-9-5-4-6-12(16)14(9)18-8-13-11(3)15(19(20)21)10(2)7-17-13/h4-7,18H,8H2,1-3H3. The van der Waals surface area contributed by atoms with Crippen molar-refractivity contribution in [2.24, 2.45) is 0 Å². The Hall–Kier alpha value is -2.14. The van der Waals surface area contributed by atoms with Gasteiger partial charge in [0.25, 0.3) is 5.69 Å². The van der Waals surface area contributed by atoms with Gasteiger partial charge in [0.15, 0.2) is 0 Å². The molecular weight excluding hydrogens is 290 g/mol. The first-order chi connectivity index (χ1) is 9.91. The van der Waals surface area contributed by atoms with Crippen molar-refractivity contribution < 1.29 is 4.92 Å². The van der Waals surface area contributed by atoms with Gasteiger partial charge in [-0.25, -0.2) is 0 Å². The molecule has 21 heavy (non-hydrogen) atoms. The zero-order chi connectivity index (χ0) is 15.6. The SMILES string of the molecule is Cc1cccc(Cl)c1NCc1ncc(C)c([N+](=O)[O-])c1C. The van der Waals surface area contributed by atoms with Gasteiger partial charge in [-0.3, -0.25) is 15.1 Å². The zero-order valence-electron chi connectivity index (χ0n) is 12.1. The first-order valence-electron chi connectivity index (χ1n) is 6.50. The number of hydrogen-bond donors (Lipinski definition) is 1. The summed E-state index contributed by atoms with van der Waals surface area (Å²) >= 11 is 6.15. The van der Waals surface area contributed by atoms with E-state index in [1.54, 1.807) is 19.9 Å². The summed E-state index contributed by atoms with van der Waals surface area (Å²) in [5.74, 6) is 0. The van der Waals surface area contributed by atoms with Gasteiger partial charge in [-0.2, -0.15) is 0 Å². The largest absolute Gasteiger partial charge is 0.378 e. The van der Waals surface area contributed by atoms with Gasteiger partial charge < -0.3 is 5.32 Å². The van der Waals surface area contributed by atoms with Crippen molar-refractivity contribution in [1.29, 1.82) is 0 Å². The van der Waals surface area contributed by atoms with E-state index in [2.05, 4.69) is 10.3 Å². The minimum absolute atomic E-state index is 0.123. The molecule has 0 aliphatic carbocycles. The monoisotopic (exact) mass is 305 g/mol. The molecule has 0 unspecified atom stereocenters. The Morgan fingerprint density at radius 2 is 2.00 bits per heavy atom. The highest BCUT2D eigenvalue weighted by atomic mass is 35.5. The van der Waals surface area contributed by atoms with E-state index in [1.807, 2.05) is 19.1 Å². The number of nitro groups is 1. The number of aromatic nitrogens is 1. The lowest BCUT2D eigenvalue weighted by Crippen LogP contribution is -2.08. The minimum atomic E-state index is -0.364. The van der Waals surface area contributed by atoms with E-state index >= 15 is 0 Å². The fourth-order valence-corrected chi connectivity index (χ4v) is 2.54. The summed E-state index contributed by atoms with van der Waals surface area (Å²) in [5, 5.41) is 14.9. The van der Waals surface area contributed by atoms with Crippen LogP contribution in [0.3, 0.4) is 0 Å². The maximum Gasteiger partial charge on any atom is 0.278 e. The third-order valence-electron chi connectivity index (χ3n) is 3.41. The predicted octanol–water partition coefficient (Wildman–Crippen LogP) is 4.18. The molecule has 0 aliphatic heterocycles. The summed E-state index contributed by atoms with van der Waals surface area (Å²) in [6.45, 7) is 5.74. The van der Waals surface area contributed by atoms with E-state index in [0.29, 0.717) is 28.4 Å². The Bertz CT molecular complexity index is 681. The Morgan fingerprint density at radius 3 is 2.62 bits per heavy atom. The first-order valence-corrected chi connectivity index (χ1v) is 6.88. The number of aryl methyl sites for hydroxylation is 2. The van der Waals surface area contributed by atoms with E-state index in [0.717, 1.165) is 11.3 Å². The minimum Gasteiger partial charge on any atom is -0.378 e. The average Bonchev–Trinajstić information content (AvgIpc) is 2.40. The van der Waals surface area contributed by atoms with Crippen LogP contribution in [-0.4, -0.2) is 9.91 Å². The van der Waals surface area contributed by atoms with Gasteiger partial charge in [-0.15, -0.1) is 0 Å². The molecule has 0 fully saturated rings. The lowest BCUT2D eigenvalue weighted by Gasteiger charge is -2.13. The van der Waals surface area contributed by atoms with Crippen molar-refractivity contribution in [3.63, 3.8) is 0 Å². The van der Waals surface area contributed by atoms with Crippen LogP contribution < -0.4 is 5.32 Å². The predicted molar refractivity (Wildman–Crippen MR) is 83.9 cm³/mol. The molecule has 0 amide bonds. The number of halogens is 1. The lowest BCUT2D eigenvalue weighted by atomic mass is 10.1. The van der Waals surface area contributed by atoms with Crippen LogP contribution in [0.2, 0.25) is 5.02 Å². The molecule has 0 spiro atoms. The molecule has 0 bridgehead atoms. The molecule has 0 atom stereocenters. The van der Waals surface area contributed by atoms with Crippen molar-refractivity contribution >= 4 is 23.0 Å². The Balaban J connectivity index is 2.29. The van der Waals surface area contributed by atoms with Crippen LogP contribution in [0, 0.1) is 30.9 Å². The van der Waals surface area contributed by atoms with Crippen molar-refractivity contribution in [2.75, 3.05) is 5.32 Å². The van der Waals surface area contributed by atoms with Gasteiger partial charge in [0, 0.05) is 11.8 Å². The van der Waals surface area contributed by atoms with E-state index in [-0.39, 0.29) is 10.6 Å². The number of nitrogens with zero attached hydrogens (tertiary/aromatic N) is 2. The average molecular weight is 306 g/mol. The second-order valence-corrected chi connectivity index (χ2v) is 5.31. The fraction of sp³-hybridized carbons (Fsp3) is 0.267. The molecule has 0 saturated carbocycles. The molecule has 0 radical (unpaired) electrons. The molecule has 0 aliphatic rings. The maximum atomic E-state index is 11.1. The Labute approximate surface area is 128 Å². The molecule has 2 rings (SSSR count). The van der Waals surface area contributed by atoms with E-state index < -0.39 is 0 Å². The van der Waals surface area contributed by atoms with Crippen molar-refractivity contribution in [2.45, 2.75) is 27.3 Å². The number of anilines is 1. The molecule has 0 saturated heterocycles. The molecule has 110 valence electrons. The molecular formula is C15H16ClN3O2. The van der Waals surface area contributed by atoms with Gasteiger partial charge >= 0.3 is 0 Å². The highest BCUT2D eigenvalue weighted by Gasteiger charge is 2.18. The molecule has 1 aromatic carbocycles. The topological polar surface area (TPSA) is 68.1 Å². The number of para-hydroxylation sites is 1. The third kappa shape index (κ3) is 3.13. The van der Waals surface area contributed by atoms with Gasteiger partial charge in [0.2, 0.25) is 0 Å². The second-order valence-electron chi connectivity index (χ2n) is 4.90. The van der Waals surface area contributed by atoms with Gasteiger partial charge in [-0.05, 0) is 32.4 Å². The highest BCUT2D eigenvalue weighted by Crippen LogP contribution is 2.28. The van der Waals surface area contributed by atoms with Gasteiger partial charge in [0.05, 0.1) is 33.4 Å². The second kappa shape index (κ2) is 6.10. The van der Waals surface area contributed by atoms with Crippen LogP contribution in [0.1, 0.15) is 22.4 Å². The summed E-state index contributed by atoms with van der Waals surface area (Å²) in [5.41, 5.74) is 3.75. The van der Waals surface area contributed by atoms with Gasteiger partial charge in [0.1, 0.15) is 0 Å². The number of pyridine rings is 1. The lowest BCUT2D eigenvalue weighted by molar-refractivity contribution is -0.386. The van der Waals surface area contributed by atoms with Gasteiger partial charge in [-0.1, -0.05) is 23.7 Å². The zero-order valence-corrected chi connectivity index (χ0v) is 12.9. The van der Waals surface area contributed by atoms with Crippen LogP contribution in [0.5, 0.6) is 0 Å². The maximum absolute atomic E-state index is 11.1. The van der Waals surface area contributed by atoms with Crippen molar-refractivity contribution in [1.82, 2.24) is 4.98 Å². The molecule has 1 aromatic heterocycles. The molecule has 6 heteroatoms. The summed E-state index contributed by atoms with van der Waals surface area (Å²) in [4.78, 5) is 15.0. The summed E-state index contributed by atoms with van der Waals surface area (Å²) in [6, 6.07) is 5.63. The van der Waals surface area contributed by atoms with Crippen molar-refractivity contribution in [3.8, 4) is 0 Å². The molecule has 5 nitrogen and oxygen atoms in total. The van der Waals surface area contributed by atoms with Crippen LogP contribution in [-0.2, 0) is 6.54 Å². The smallest absolute Gasteiger partial charge is 0.278 e. The van der Waals surface area contributed by atoms with Crippen LogP contribution in [0.15, 0.2) is 24.4 Å². The third-order valence-corrected chi connectivity index (χ3v) is 3.73. The molecule has 2 aromatic rings. The first kappa shape index (κ1) is 15.3. The number of rotatable bonds is 4. The van der Waals surface area contributed by atoms with Crippen LogP contribution in [0.4, 0.5) is 11.4 Å². The Kier molecular flexibility index (Phi) is 4.43. The molecule has 1 N–H and O–H groups in total. The number of hydrogen-bond acceptors (Lipinski definition) is 4. The normalized spacial score (nSPS) is 10.5. The number of benzene rings is 1. The highest BCUT2D eigenvalue weighted by molar-refractivity contribution is 6.33. The Morgan fingerprint density at radius 1 is 1.29 bits per heavy atom. The van der Waals surface area contributed by atoms with Crippen LogP contribution >= 0.6 is 11.6 Å².